The van der Waals surface area contributed by atoms with Crippen molar-refractivity contribution in [1.29, 1.82) is 0 Å². The second-order valence-corrected chi connectivity index (χ2v) is 7.99. The van der Waals surface area contributed by atoms with Crippen LogP contribution >= 0.6 is 23.4 Å². The third-order valence-electron chi connectivity index (χ3n) is 4.17. The smallest absolute Gasteiger partial charge is 0.338 e. The fourth-order valence-corrected chi connectivity index (χ4v) is 3.76. The van der Waals surface area contributed by atoms with Crippen molar-refractivity contribution in [3.63, 3.8) is 0 Å². The van der Waals surface area contributed by atoms with Crippen LogP contribution in [0.3, 0.4) is 0 Å². The molecule has 4 aromatic rings. The van der Waals surface area contributed by atoms with E-state index in [9.17, 15) is 13.2 Å². The lowest BCUT2D eigenvalue weighted by Gasteiger charge is -2.06. The number of halogens is 4. The average molecular weight is 463 g/mol. The van der Waals surface area contributed by atoms with E-state index in [0.29, 0.717) is 21.6 Å². The molecule has 0 spiro atoms. The Morgan fingerprint density at radius 3 is 2.42 bits per heavy atom. The molecule has 0 aliphatic carbocycles. The maximum Gasteiger partial charge on any atom is 0.416 e. The minimum absolute atomic E-state index is 0.0974. The summed E-state index contributed by atoms with van der Waals surface area (Å²) >= 11 is 7.41. The second kappa shape index (κ2) is 8.68. The van der Waals surface area contributed by atoms with Crippen molar-refractivity contribution in [2.45, 2.75) is 23.9 Å². The van der Waals surface area contributed by atoms with E-state index in [2.05, 4.69) is 20.1 Å². The minimum Gasteiger partial charge on any atom is -0.338 e. The molecule has 0 aliphatic rings. The van der Waals surface area contributed by atoms with Gasteiger partial charge in [-0.05, 0) is 37.3 Å². The summed E-state index contributed by atoms with van der Waals surface area (Å²) in [7, 11) is 0. The standard InChI is InChI=1S/C21H14ClF3N4OS/c1-12-8-18(28-19(26-12)14-5-3-7-16(22)10-14)31-11-17-27-20(29-30-17)13-4-2-6-15(9-13)21(23,24)25/h2-10H,11H2,1H3. The Hall–Kier alpha value is -2.91. The van der Waals surface area contributed by atoms with E-state index in [1.807, 2.05) is 25.1 Å². The third kappa shape index (κ3) is 5.23. The van der Waals surface area contributed by atoms with E-state index in [1.165, 1.54) is 23.9 Å². The molecule has 2 heterocycles. The third-order valence-corrected chi connectivity index (χ3v) is 5.30. The van der Waals surface area contributed by atoms with Gasteiger partial charge in [-0.2, -0.15) is 18.2 Å². The van der Waals surface area contributed by atoms with Gasteiger partial charge in [0.05, 0.1) is 11.3 Å². The number of aryl methyl sites for hydroxylation is 1. The Balaban J connectivity index is 1.51. The first-order chi connectivity index (χ1) is 14.8. The summed E-state index contributed by atoms with van der Waals surface area (Å²) in [6, 6.07) is 13.9. The quantitative estimate of drug-likeness (QED) is 0.250. The van der Waals surface area contributed by atoms with Crippen LogP contribution in [0.4, 0.5) is 13.2 Å². The van der Waals surface area contributed by atoms with E-state index in [0.717, 1.165) is 23.4 Å². The van der Waals surface area contributed by atoms with Gasteiger partial charge < -0.3 is 4.52 Å². The van der Waals surface area contributed by atoms with Crippen LogP contribution in [-0.2, 0) is 11.9 Å². The Bertz CT molecular complexity index is 1230. The van der Waals surface area contributed by atoms with E-state index < -0.39 is 11.7 Å². The van der Waals surface area contributed by atoms with E-state index in [4.69, 9.17) is 16.1 Å². The summed E-state index contributed by atoms with van der Waals surface area (Å²) in [5.74, 6) is 1.22. The first-order valence-electron chi connectivity index (χ1n) is 9.02. The Morgan fingerprint density at radius 2 is 1.68 bits per heavy atom. The molecule has 0 aliphatic heterocycles. The van der Waals surface area contributed by atoms with E-state index in [-0.39, 0.29) is 17.3 Å². The lowest BCUT2D eigenvalue weighted by Crippen LogP contribution is -2.04. The number of benzene rings is 2. The summed E-state index contributed by atoms with van der Waals surface area (Å²) in [5, 5.41) is 5.08. The first kappa shape index (κ1) is 21.3. The summed E-state index contributed by atoms with van der Waals surface area (Å²) in [6.07, 6.45) is -4.44. The van der Waals surface area contributed by atoms with Crippen LogP contribution < -0.4 is 0 Å². The van der Waals surface area contributed by atoms with Crippen molar-refractivity contribution >= 4 is 23.4 Å². The zero-order chi connectivity index (χ0) is 22.0. The van der Waals surface area contributed by atoms with Crippen LogP contribution in [0.15, 0.2) is 64.1 Å². The highest BCUT2D eigenvalue weighted by molar-refractivity contribution is 7.98. The molecule has 0 saturated carbocycles. The topological polar surface area (TPSA) is 64.7 Å². The second-order valence-electron chi connectivity index (χ2n) is 6.56. The number of aromatic nitrogens is 4. The van der Waals surface area contributed by atoms with Gasteiger partial charge in [0.25, 0.3) is 0 Å². The molecule has 0 fully saturated rings. The van der Waals surface area contributed by atoms with Crippen molar-refractivity contribution in [2.24, 2.45) is 0 Å². The van der Waals surface area contributed by atoms with Gasteiger partial charge in [0.1, 0.15) is 5.03 Å². The van der Waals surface area contributed by atoms with Gasteiger partial charge in [-0.15, -0.1) is 0 Å². The predicted octanol–water partition coefficient (Wildman–Crippen LogP) is 6.47. The van der Waals surface area contributed by atoms with Crippen molar-refractivity contribution in [1.82, 2.24) is 20.1 Å². The van der Waals surface area contributed by atoms with E-state index >= 15 is 0 Å². The average Bonchev–Trinajstić information content (AvgIpc) is 3.21. The monoisotopic (exact) mass is 462 g/mol. The number of alkyl halides is 3. The molecule has 158 valence electrons. The number of hydrogen-bond donors (Lipinski definition) is 0. The van der Waals surface area contributed by atoms with Gasteiger partial charge in [-0.1, -0.05) is 52.8 Å². The molecule has 2 aromatic heterocycles. The summed E-state index contributed by atoms with van der Waals surface area (Å²) in [4.78, 5) is 13.2. The van der Waals surface area contributed by atoms with Gasteiger partial charge in [0.15, 0.2) is 5.82 Å². The molecule has 0 saturated heterocycles. The predicted molar refractivity (Wildman–Crippen MR) is 112 cm³/mol. The van der Waals surface area contributed by atoms with Crippen LogP contribution in [0.25, 0.3) is 22.8 Å². The summed E-state index contributed by atoms with van der Waals surface area (Å²) in [5.41, 5.74) is 1.04. The van der Waals surface area contributed by atoms with Crippen molar-refractivity contribution < 1.29 is 17.7 Å². The molecule has 10 heteroatoms. The fraction of sp³-hybridized carbons (Fsp3) is 0.143. The SMILES string of the molecule is Cc1cc(SCc2nc(-c3cccc(C(F)(F)F)c3)no2)nc(-c2cccc(Cl)c2)n1. The Morgan fingerprint density at radius 1 is 0.935 bits per heavy atom. The van der Waals surface area contributed by atoms with Crippen LogP contribution in [0.2, 0.25) is 5.02 Å². The molecule has 0 amide bonds. The summed E-state index contributed by atoms with van der Waals surface area (Å²) < 4.78 is 44.0. The van der Waals surface area contributed by atoms with Crippen LogP contribution in [0.5, 0.6) is 0 Å². The normalized spacial score (nSPS) is 11.6. The van der Waals surface area contributed by atoms with Crippen LogP contribution in [0.1, 0.15) is 17.1 Å². The lowest BCUT2D eigenvalue weighted by molar-refractivity contribution is -0.137. The van der Waals surface area contributed by atoms with Crippen molar-refractivity contribution in [3.05, 3.63) is 76.8 Å². The van der Waals surface area contributed by atoms with E-state index in [1.54, 1.807) is 12.1 Å². The molecule has 0 bridgehead atoms. The molecule has 4 rings (SSSR count). The zero-order valence-electron chi connectivity index (χ0n) is 16.0. The molecule has 2 aromatic carbocycles. The maximum absolute atomic E-state index is 12.9. The molecule has 0 atom stereocenters. The number of thioether (sulfide) groups is 1. The molecule has 31 heavy (non-hydrogen) atoms. The molecular formula is C21H14ClF3N4OS. The number of hydrogen-bond acceptors (Lipinski definition) is 6. The maximum atomic E-state index is 12.9. The highest BCUT2D eigenvalue weighted by Gasteiger charge is 2.30. The lowest BCUT2D eigenvalue weighted by atomic mass is 10.1. The van der Waals surface area contributed by atoms with Gasteiger partial charge in [-0.25, -0.2) is 9.97 Å². The van der Waals surface area contributed by atoms with Gasteiger partial charge in [0, 0.05) is 21.8 Å². The molecular weight excluding hydrogens is 449 g/mol. The Labute approximate surface area is 184 Å². The largest absolute Gasteiger partial charge is 0.416 e. The highest BCUT2D eigenvalue weighted by Crippen LogP contribution is 2.32. The molecule has 0 radical (unpaired) electrons. The van der Waals surface area contributed by atoms with Gasteiger partial charge in [0.2, 0.25) is 11.7 Å². The molecule has 5 nitrogen and oxygen atoms in total. The molecule has 0 N–H and O–H groups in total. The Kier molecular flexibility index (Phi) is 5.97. The minimum atomic E-state index is -4.44. The van der Waals surface area contributed by atoms with Crippen molar-refractivity contribution in [2.75, 3.05) is 0 Å². The van der Waals surface area contributed by atoms with Crippen LogP contribution in [-0.4, -0.2) is 20.1 Å². The first-order valence-corrected chi connectivity index (χ1v) is 10.4. The van der Waals surface area contributed by atoms with Gasteiger partial charge >= 0.3 is 6.18 Å². The zero-order valence-corrected chi connectivity index (χ0v) is 17.6. The summed E-state index contributed by atoms with van der Waals surface area (Å²) in [6.45, 7) is 1.86. The van der Waals surface area contributed by atoms with Crippen molar-refractivity contribution in [3.8, 4) is 22.8 Å². The molecule has 0 unspecified atom stereocenters. The highest BCUT2D eigenvalue weighted by atomic mass is 35.5. The fourth-order valence-electron chi connectivity index (χ4n) is 2.77. The number of nitrogens with zero attached hydrogens (tertiary/aromatic N) is 4. The van der Waals surface area contributed by atoms with Gasteiger partial charge in [-0.3, -0.25) is 0 Å². The van der Waals surface area contributed by atoms with Crippen LogP contribution in [0, 0.1) is 6.92 Å². The number of rotatable bonds is 5.